The second kappa shape index (κ2) is 8.96. The Bertz CT molecular complexity index is 1240. The SMILES string of the molecule is CNC(=O)c1cc(Oc2ccc(NC(=O)Nc3ccccc3)c3ccccc23)ccn1. The highest BCUT2D eigenvalue weighted by Crippen LogP contribution is 2.34. The third kappa shape index (κ3) is 4.62. The molecule has 7 heteroatoms. The van der Waals surface area contributed by atoms with Crippen LogP contribution in [0.2, 0.25) is 0 Å². The molecule has 0 atom stereocenters. The first kappa shape index (κ1) is 19.9. The predicted octanol–water partition coefficient (Wildman–Crippen LogP) is 5.03. The molecule has 154 valence electrons. The van der Waals surface area contributed by atoms with Gasteiger partial charge in [-0.05, 0) is 30.3 Å². The van der Waals surface area contributed by atoms with Gasteiger partial charge in [0, 0.05) is 35.8 Å². The number of anilines is 2. The normalized spacial score (nSPS) is 10.4. The molecule has 1 aromatic heterocycles. The van der Waals surface area contributed by atoms with Gasteiger partial charge in [0.25, 0.3) is 5.91 Å². The van der Waals surface area contributed by atoms with Crippen molar-refractivity contribution < 1.29 is 14.3 Å². The summed E-state index contributed by atoms with van der Waals surface area (Å²) in [5, 5.41) is 9.88. The number of rotatable bonds is 5. The number of ether oxygens (including phenoxy) is 1. The van der Waals surface area contributed by atoms with Crippen LogP contribution in [0.5, 0.6) is 11.5 Å². The molecule has 0 aliphatic rings. The molecule has 0 aliphatic heterocycles. The third-order valence-corrected chi connectivity index (χ3v) is 4.58. The summed E-state index contributed by atoms with van der Waals surface area (Å²) in [6, 6.07) is 23.3. The molecule has 4 aromatic rings. The van der Waals surface area contributed by atoms with Crippen LogP contribution in [0.1, 0.15) is 10.5 Å². The lowest BCUT2D eigenvalue weighted by Gasteiger charge is -2.14. The van der Waals surface area contributed by atoms with E-state index in [-0.39, 0.29) is 17.6 Å². The van der Waals surface area contributed by atoms with E-state index in [0.717, 1.165) is 10.8 Å². The number of nitrogens with zero attached hydrogens (tertiary/aromatic N) is 1. The van der Waals surface area contributed by atoms with Crippen LogP contribution < -0.4 is 20.7 Å². The topological polar surface area (TPSA) is 92.4 Å². The van der Waals surface area contributed by atoms with Gasteiger partial charge in [0.2, 0.25) is 0 Å². The molecular weight excluding hydrogens is 392 g/mol. The Morgan fingerprint density at radius 2 is 1.58 bits per heavy atom. The van der Waals surface area contributed by atoms with E-state index in [1.807, 2.05) is 54.6 Å². The number of nitrogens with one attached hydrogen (secondary N) is 3. The molecule has 0 saturated carbocycles. The molecule has 0 aliphatic carbocycles. The van der Waals surface area contributed by atoms with Gasteiger partial charge in [-0.25, -0.2) is 4.79 Å². The average Bonchev–Trinajstić information content (AvgIpc) is 2.81. The van der Waals surface area contributed by atoms with E-state index < -0.39 is 0 Å². The molecule has 0 unspecified atom stereocenters. The quantitative estimate of drug-likeness (QED) is 0.429. The molecule has 7 nitrogen and oxygen atoms in total. The van der Waals surface area contributed by atoms with Crippen LogP contribution in [-0.2, 0) is 0 Å². The van der Waals surface area contributed by atoms with Crippen molar-refractivity contribution in [3.05, 3.63) is 90.8 Å². The summed E-state index contributed by atoms with van der Waals surface area (Å²) in [5.74, 6) is 0.791. The van der Waals surface area contributed by atoms with Crippen molar-refractivity contribution in [2.24, 2.45) is 0 Å². The van der Waals surface area contributed by atoms with Crippen molar-refractivity contribution in [3.8, 4) is 11.5 Å². The zero-order chi connectivity index (χ0) is 21.6. The maximum atomic E-state index is 12.4. The van der Waals surface area contributed by atoms with Crippen LogP contribution in [0, 0.1) is 0 Å². The lowest BCUT2D eigenvalue weighted by Crippen LogP contribution is -2.19. The molecule has 0 radical (unpaired) electrons. The van der Waals surface area contributed by atoms with E-state index >= 15 is 0 Å². The smallest absolute Gasteiger partial charge is 0.323 e. The van der Waals surface area contributed by atoms with Crippen LogP contribution in [0.3, 0.4) is 0 Å². The molecule has 0 saturated heterocycles. The van der Waals surface area contributed by atoms with Gasteiger partial charge in [-0.2, -0.15) is 0 Å². The van der Waals surface area contributed by atoms with Gasteiger partial charge in [-0.15, -0.1) is 0 Å². The number of fused-ring (bicyclic) bond motifs is 1. The van der Waals surface area contributed by atoms with Gasteiger partial charge in [0.05, 0.1) is 5.69 Å². The molecular formula is C24H20N4O3. The van der Waals surface area contributed by atoms with Crippen LogP contribution >= 0.6 is 0 Å². The predicted molar refractivity (Wildman–Crippen MR) is 121 cm³/mol. The molecule has 3 amide bonds. The molecule has 0 spiro atoms. The lowest BCUT2D eigenvalue weighted by molar-refractivity contribution is 0.0958. The first-order valence-electron chi connectivity index (χ1n) is 9.65. The number of urea groups is 1. The summed E-state index contributed by atoms with van der Waals surface area (Å²) in [6.07, 6.45) is 1.52. The van der Waals surface area contributed by atoms with E-state index in [2.05, 4.69) is 20.9 Å². The lowest BCUT2D eigenvalue weighted by atomic mass is 10.1. The van der Waals surface area contributed by atoms with Gasteiger partial charge in [0.1, 0.15) is 17.2 Å². The number of hydrogen-bond acceptors (Lipinski definition) is 4. The van der Waals surface area contributed by atoms with Gasteiger partial charge < -0.3 is 20.7 Å². The van der Waals surface area contributed by atoms with Gasteiger partial charge in [-0.1, -0.05) is 42.5 Å². The highest BCUT2D eigenvalue weighted by atomic mass is 16.5. The fourth-order valence-corrected chi connectivity index (χ4v) is 3.13. The zero-order valence-corrected chi connectivity index (χ0v) is 16.8. The van der Waals surface area contributed by atoms with Crippen LogP contribution in [-0.4, -0.2) is 24.0 Å². The van der Waals surface area contributed by atoms with Crippen LogP contribution in [0.25, 0.3) is 10.8 Å². The zero-order valence-electron chi connectivity index (χ0n) is 16.8. The molecule has 0 bridgehead atoms. The highest BCUT2D eigenvalue weighted by Gasteiger charge is 2.12. The minimum atomic E-state index is -0.339. The number of hydrogen-bond donors (Lipinski definition) is 3. The van der Waals surface area contributed by atoms with Gasteiger partial charge >= 0.3 is 6.03 Å². The van der Waals surface area contributed by atoms with E-state index in [0.29, 0.717) is 22.9 Å². The summed E-state index contributed by atoms with van der Waals surface area (Å²) in [4.78, 5) is 28.3. The van der Waals surface area contributed by atoms with E-state index in [1.54, 1.807) is 31.3 Å². The summed E-state index contributed by atoms with van der Waals surface area (Å²) >= 11 is 0. The maximum absolute atomic E-state index is 12.4. The minimum absolute atomic E-state index is 0.264. The molecule has 31 heavy (non-hydrogen) atoms. The number of carbonyl (C=O) groups is 2. The Labute approximate surface area is 179 Å². The number of benzene rings is 3. The molecule has 0 fully saturated rings. The second-order valence-electron chi connectivity index (χ2n) is 6.66. The van der Waals surface area contributed by atoms with E-state index in [4.69, 9.17) is 4.74 Å². The van der Waals surface area contributed by atoms with Gasteiger partial charge in [0.15, 0.2) is 0 Å². The average molecular weight is 412 g/mol. The summed E-state index contributed by atoms with van der Waals surface area (Å²) in [6.45, 7) is 0. The number of amides is 3. The fourth-order valence-electron chi connectivity index (χ4n) is 3.13. The Balaban J connectivity index is 1.60. The number of aromatic nitrogens is 1. The minimum Gasteiger partial charge on any atom is -0.457 e. The van der Waals surface area contributed by atoms with Crippen molar-refractivity contribution in [1.82, 2.24) is 10.3 Å². The Morgan fingerprint density at radius 3 is 2.35 bits per heavy atom. The van der Waals surface area contributed by atoms with Gasteiger partial charge in [-0.3, -0.25) is 9.78 Å². The summed E-state index contributed by atoms with van der Waals surface area (Å²) in [7, 11) is 1.55. The first-order valence-corrected chi connectivity index (χ1v) is 9.65. The van der Waals surface area contributed by atoms with Crippen molar-refractivity contribution in [2.45, 2.75) is 0 Å². The second-order valence-corrected chi connectivity index (χ2v) is 6.66. The Hall–Kier alpha value is -4.39. The molecule has 3 N–H and O–H groups in total. The van der Waals surface area contributed by atoms with E-state index in [1.165, 1.54) is 6.20 Å². The Kier molecular flexibility index (Phi) is 5.75. The summed E-state index contributed by atoms with van der Waals surface area (Å²) < 4.78 is 6.03. The highest BCUT2D eigenvalue weighted by molar-refractivity contribution is 6.07. The number of pyridine rings is 1. The number of carbonyl (C=O) groups excluding carboxylic acids is 2. The van der Waals surface area contributed by atoms with Crippen molar-refractivity contribution >= 4 is 34.1 Å². The molecule has 4 rings (SSSR count). The maximum Gasteiger partial charge on any atom is 0.323 e. The molecule has 3 aromatic carbocycles. The number of para-hydroxylation sites is 1. The third-order valence-electron chi connectivity index (χ3n) is 4.58. The fraction of sp³-hybridized carbons (Fsp3) is 0.0417. The summed E-state index contributed by atoms with van der Waals surface area (Å²) in [5.41, 5.74) is 1.62. The van der Waals surface area contributed by atoms with E-state index in [9.17, 15) is 9.59 Å². The van der Waals surface area contributed by atoms with Crippen molar-refractivity contribution in [2.75, 3.05) is 17.7 Å². The largest absolute Gasteiger partial charge is 0.457 e. The van der Waals surface area contributed by atoms with Crippen LogP contribution in [0.4, 0.5) is 16.2 Å². The Morgan fingerprint density at radius 1 is 0.839 bits per heavy atom. The van der Waals surface area contributed by atoms with Crippen LogP contribution in [0.15, 0.2) is 85.1 Å². The monoisotopic (exact) mass is 412 g/mol. The standard InChI is InChI=1S/C24H20N4O3/c1-25-23(29)21-15-17(13-14-26-21)31-22-12-11-20(18-9-5-6-10-19(18)22)28-24(30)27-16-7-3-2-4-8-16/h2-15H,1H3,(H,25,29)(H2,27,28,30). The first-order chi connectivity index (χ1) is 15.1. The van der Waals surface area contributed by atoms with Crippen molar-refractivity contribution in [1.29, 1.82) is 0 Å². The van der Waals surface area contributed by atoms with Crippen molar-refractivity contribution in [3.63, 3.8) is 0 Å². The molecule has 1 heterocycles.